The van der Waals surface area contributed by atoms with Crippen LogP contribution in [-0.4, -0.2) is 12.7 Å². The fourth-order valence-corrected chi connectivity index (χ4v) is 4.86. The molecule has 25 heavy (non-hydrogen) atoms. The summed E-state index contributed by atoms with van der Waals surface area (Å²) in [6.45, 7) is 6.92. The van der Waals surface area contributed by atoms with Crippen molar-refractivity contribution < 1.29 is 9.47 Å². The Morgan fingerprint density at radius 2 is 1.84 bits per heavy atom. The topological polar surface area (TPSA) is 18.5 Å². The van der Waals surface area contributed by atoms with Gasteiger partial charge in [0.2, 0.25) is 0 Å². The smallest absolute Gasteiger partial charge is 0.131 e. The van der Waals surface area contributed by atoms with Gasteiger partial charge in [0.1, 0.15) is 17.1 Å². The molecule has 0 spiro atoms. The van der Waals surface area contributed by atoms with Crippen molar-refractivity contribution in [3.63, 3.8) is 0 Å². The molecule has 1 saturated carbocycles. The number of fused-ring (bicyclic) bond motifs is 3. The van der Waals surface area contributed by atoms with E-state index in [0.717, 1.165) is 23.0 Å². The van der Waals surface area contributed by atoms with Crippen LogP contribution in [0.4, 0.5) is 0 Å². The summed E-state index contributed by atoms with van der Waals surface area (Å²) in [6.07, 6.45) is 3.79. The molecule has 1 aliphatic heterocycles. The summed E-state index contributed by atoms with van der Waals surface area (Å²) in [5, 5.41) is 0. The Morgan fingerprint density at radius 3 is 2.56 bits per heavy atom. The maximum Gasteiger partial charge on any atom is 0.131 e. The third kappa shape index (κ3) is 2.82. The second-order valence-corrected chi connectivity index (χ2v) is 8.30. The van der Waals surface area contributed by atoms with Gasteiger partial charge in [-0.2, -0.15) is 0 Å². The molecule has 0 saturated heterocycles. The van der Waals surface area contributed by atoms with Crippen LogP contribution in [0, 0.1) is 11.8 Å². The van der Waals surface area contributed by atoms with Crippen LogP contribution in [0.2, 0.25) is 0 Å². The zero-order valence-corrected chi connectivity index (χ0v) is 15.7. The maximum absolute atomic E-state index is 6.65. The Kier molecular flexibility index (Phi) is 4.02. The normalized spacial score (nSPS) is 27.0. The monoisotopic (exact) mass is 336 g/mol. The molecule has 2 nitrogen and oxygen atoms in total. The van der Waals surface area contributed by atoms with Crippen LogP contribution in [0.15, 0.2) is 42.5 Å². The fourth-order valence-electron chi connectivity index (χ4n) is 4.86. The number of hydrogen-bond acceptors (Lipinski definition) is 2. The lowest BCUT2D eigenvalue weighted by Gasteiger charge is -2.49. The van der Waals surface area contributed by atoms with Gasteiger partial charge in [0.05, 0.1) is 7.11 Å². The van der Waals surface area contributed by atoms with Gasteiger partial charge in [-0.05, 0) is 56.2 Å². The first-order valence-corrected chi connectivity index (χ1v) is 9.46. The van der Waals surface area contributed by atoms with Gasteiger partial charge in [-0.1, -0.05) is 43.7 Å². The molecule has 0 unspecified atom stereocenters. The second kappa shape index (κ2) is 6.09. The van der Waals surface area contributed by atoms with E-state index in [9.17, 15) is 0 Å². The van der Waals surface area contributed by atoms with Crippen LogP contribution in [0.5, 0.6) is 11.5 Å². The lowest BCUT2D eigenvalue weighted by Crippen LogP contribution is -2.46. The number of hydrogen-bond donors (Lipinski definition) is 0. The highest BCUT2D eigenvalue weighted by molar-refractivity contribution is 5.75. The van der Waals surface area contributed by atoms with Crippen molar-refractivity contribution in [1.29, 1.82) is 0 Å². The van der Waals surface area contributed by atoms with E-state index in [1.165, 1.54) is 30.4 Å². The molecule has 1 heterocycles. The Balaban J connectivity index is 1.92. The van der Waals surface area contributed by atoms with Gasteiger partial charge in [-0.3, -0.25) is 0 Å². The van der Waals surface area contributed by atoms with Gasteiger partial charge < -0.3 is 9.47 Å². The van der Waals surface area contributed by atoms with E-state index in [4.69, 9.17) is 9.47 Å². The predicted molar refractivity (Wildman–Crippen MR) is 102 cm³/mol. The van der Waals surface area contributed by atoms with Gasteiger partial charge in [0.15, 0.2) is 0 Å². The molecule has 0 amide bonds. The number of methoxy groups -OCH3 is 1. The van der Waals surface area contributed by atoms with E-state index in [0.29, 0.717) is 11.8 Å². The first-order chi connectivity index (χ1) is 12.0. The molecule has 1 aliphatic carbocycles. The first-order valence-electron chi connectivity index (χ1n) is 9.46. The van der Waals surface area contributed by atoms with E-state index < -0.39 is 0 Å². The van der Waals surface area contributed by atoms with E-state index in [1.54, 1.807) is 7.11 Å². The fraction of sp³-hybridized carbons (Fsp3) is 0.478. The highest BCUT2D eigenvalue weighted by Gasteiger charge is 2.46. The Hall–Kier alpha value is -1.96. The third-order valence-electron chi connectivity index (χ3n) is 6.18. The average molecular weight is 336 g/mol. The van der Waals surface area contributed by atoms with Crippen molar-refractivity contribution in [2.75, 3.05) is 7.11 Å². The number of rotatable bonds is 2. The molecule has 0 radical (unpaired) electrons. The van der Waals surface area contributed by atoms with Gasteiger partial charge in [0.25, 0.3) is 0 Å². The second-order valence-electron chi connectivity index (χ2n) is 8.30. The van der Waals surface area contributed by atoms with Gasteiger partial charge in [-0.15, -0.1) is 0 Å². The largest absolute Gasteiger partial charge is 0.497 e. The molecule has 3 atom stereocenters. The van der Waals surface area contributed by atoms with E-state index in [1.807, 2.05) is 0 Å². The molecule has 2 aliphatic rings. The molecule has 0 bridgehead atoms. The minimum Gasteiger partial charge on any atom is -0.497 e. The van der Waals surface area contributed by atoms with Crippen LogP contribution < -0.4 is 9.47 Å². The maximum atomic E-state index is 6.65. The Morgan fingerprint density at radius 1 is 1.08 bits per heavy atom. The Labute approximate surface area is 151 Å². The molecule has 0 aromatic heterocycles. The van der Waals surface area contributed by atoms with E-state index >= 15 is 0 Å². The quantitative estimate of drug-likeness (QED) is 0.664. The minimum absolute atomic E-state index is 0.129. The molecule has 132 valence electrons. The molecule has 2 heteroatoms. The van der Waals surface area contributed by atoms with Crippen LogP contribution in [0.1, 0.15) is 51.5 Å². The van der Waals surface area contributed by atoms with E-state index in [2.05, 4.69) is 63.2 Å². The number of benzene rings is 2. The zero-order valence-electron chi connectivity index (χ0n) is 15.7. The van der Waals surface area contributed by atoms with Crippen molar-refractivity contribution >= 4 is 0 Å². The molecule has 2 aromatic rings. The lowest BCUT2D eigenvalue weighted by atomic mass is 9.64. The summed E-state index contributed by atoms with van der Waals surface area (Å²) in [5.41, 5.74) is 3.56. The molecule has 4 rings (SSSR count). The average Bonchev–Trinajstić information content (AvgIpc) is 2.61. The zero-order chi connectivity index (χ0) is 17.6. The van der Waals surface area contributed by atoms with E-state index in [-0.39, 0.29) is 5.60 Å². The van der Waals surface area contributed by atoms with Crippen molar-refractivity contribution in [1.82, 2.24) is 0 Å². The first kappa shape index (κ1) is 16.5. The van der Waals surface area contributed by atoms with Crippen LogP contribution in [-0.2, 0) is 0 Å². The number of ether oxygens (including phenoxy) is 2. The summed E-state index contributed by atoms with van der Waals surface area (Å²) in [4.78, 5) is 0. The minimum atomic E-state index is -0.129. The van der Waals surface area contributed by atoms with Crippen LogP contribution in [0.25, 0.3) is 11.1 Å². The summed E-state index contributed by atoms with van der Waals surface area (Å²) in [5.74, 6) is 3.90. The molecule has 0 N–H and O–H groups in total. The standard InChI is InChI=1S/C23H28O2/c1-15-10-11-21-19(12-15)20-14-17(24-4)13-18(16-8-6-5-7-9-16)22(20)25-23(21,2)3/h5-9,13-15,19,21H,10-12H2,1-4H3/t15-,19+,21-/m0/s1. The van der Waals surface area contributed by atoms with Gasteiger partial charge in [0, 0.05) is 17.0 Å². The van der Waals surface area contributed by atoms with Crippen molar-refractivity contribution in [3.8, 4) is 22.6 Å². The van der Waals surface area contributed by atoms with Gasteiger partial charge in [-0.25, -0.2) is 0 Å². The van der Waals surface area contributed by atoms with Crippen molar-refractivity contribution in [2.24, 2.45) is 11.8 Å². The SMILES string of the molecule is COc1cc(-c2ccccc2)c2c(c1)[C@H]1C[C@@H](C)CC[C@@H]1C(C)(C)O2. The summed E-state index contributed by atoms with van der Waals surface area (Å²) in [6, 6.07) is 14.9. The van der Waals surface area contributed by atoms with Crippen LogP contribution >= 0.6 is 0 Å². The van der Waals surface area contributed by atoms with Crippen molar-refractivity contribution in [3.05, 3.63) is 48.0 Å². The summed E-state index contributed by atoms with van der Waals surface area (Å²) < 4.78 is 12.3. The summed E-state index contributed by atoms with van der Waals surface area (Å²) >= 11 is 0. The molecular weight excluding hydrogens is 308 g/mol. The molecule has 1 fully saturated rings. The highest BCUT2D eigenvalue weighted by atomic mass is 16.5. The van der Waals surface area contributed by atoms with Gasteiger partial charge >= 0.3 is 0 Å². The molecule has 2 aromatic carbocycles. The molecular formula is C23H28O2. The Bertz CT molecular complexity index is 763. The van der Waals surface area contributed by atoms with Crippen LogP contribution in [0.3, 0.4) is 0 Å². The van der Waals surface area contributed by atoms with Crippen molar-refractivity contribution in [2.45, 2.75) is 51.6 Å². The predicted octanol–water partition coefficient (Wildman–Crippen LogP) is 6.05. The lowest BCUT2D eigenvalue weighted by molar-refractivity contribution is -0.0131. The third-order valence-corrected chi connectivity index (χ3v) is 6.18. The summed E-state index contributed by atoms with van der Waals surface area (Å²) in [7, 11) is 1.76. The highest BCUT2D eigenvalue weighted by Crippen LogP contribution is 2.55.